The van der Waals surface area contributed by atoms with Crippen LogP contribution in [-0.2, 0) is 14.8 Å². The molecule has 0 fully saturated rings. The summed E-state index contributed by atoms with van der Waals surface area (Å²) in [6.45, 7) is 4.20. The third-order valence-electron chi connectivity index (χ3n) is 4.08. The Morgan fingerprint density at radius 1 is 1.40 bits per heavy atom. The van der Waals surface area contributed by atoms with Crippen LogP contribution in [0.15, 0.2) is 40.6 Å². The van der Waals surface area contributed by atoms with Crippen LogP contribution in [0.3, 0.4) is 0 Å². The lowest BCUT2D eigenvalue weighted by atomic mass is 10.2. The topological polar surface area (TPSA) is 75.7 Å². The molecule has 1 aliphatic rings. The van der Waals surface area contributed by atoms with Gasteiger partial charge in [-0.25, -0.2) is 13.1 Å². The fraction of sp³-hybridized carbons (Fsp3) is 0.353. The van der Waals surface area contributed by atoms with E-state index in [-0.39, 0.29) is 16.8 Å². The highest BCUT2D eigenvalue weighted by molar-refractivity contribution is 7.89. The first-order valence-corrected chi connectivity index (χ1v) is 10.4. The summed E-state index contributed by atoms with van der Waals surface area (Å²) < 4.78 is 33.9. The van der Waals surface area contributed by atoms with Gasteiger partial charge in [-0.3, -0.25) is 4.79 Å². The third kappa shape index (κ3) is 3.70. The molecule has 0 radical (unpaired) electrons. The molecule has 2 aromatic rings. The van der Waals surface area contributed by atoms with Crippen LogP contribution in [0.25, 0.3) is 0 Å². The van der Waals surface area contributed by atoms with Crippen LogP contribution in [0.2, 0.25) is 0 Å². The number of fused-ring (bicyclic) bond motifs is 1. The molecule has 1 aromatic carbocycles. The van der Waals surface area contributed by atoms with Crippen LogP contribution >= 0.6 is 11.3 Å². The highest BCUT2D eigenvalue weighted by atomic mass is 32.2. The predicted molar refractivity (Wildman–Crippen MR) is 97.6 cm³/mol. The molecule has 3 rings (SSSR count). The lowest BCUT2D eigenvalue weighted by Crippen LogP contribution is -2.36. The van der Waals surface area contributed by atoms with Crippen LogP contribution in [0.5, 0.6) is 5.75 Å². The maximum absolute atomic E-state index is 12.8. The number of hydrogen-bond acceptors (Lipinski definition) is 5. The number of benzene rings is 1. The second-order valence-electron chi connectivity index (χ2n) is 5.75. The van der Waals surface area contributed by atoms with Crippen LogP contribution in [0.4, 0.5) is 5.69 Å². The molecule has 1 amide bonds. The monoisotopic (exact) mass is 380 g/mol. The molecular formula is C17H20N2O4S2. The van der Waals surface area contributed by atoms with E-state index in [0.29, 0.717) is 31.0 Å². The van der Waals surface area contributed by atoms with Gasteiger partial charge in [-0.05, 0) is 36.1 Å². The lowest BCUT2D eigenvalue weighted by Gasteiger charge is -2.29. The average Bonchev–Trinajstić information content (AvgIpc) is 3.13. The first kappa shape index (κ1) is 17.9. The second-order valence-corrected chi connectivity index (χ2v) is 8.44. The van der Waals surface area contributed by atoms with Crippen molar-refractivity contribution in [3.05, 3.63) is 40.6 Å². The average molecular weight is 380 g/mol. The summed E-state index contributed by atoms with van der Waals surface area (Å²) in [5.74, 6) is 0.378. The van der Waals surface area contributed by atoms with Gasteiger partial charge in [0.05, 0.1) is 23.2 Å². The zero-order valence-corrected chi connectivity index (χ0v) is 15.7. The molecule has 2 heterocycles. The molecule has 0 aliphatic carbocycles. The van der Waals surface area contributed by atoms with Gasteiger partial charge in [0.25, 0.3) is 0 Å². The lowest BCUT2D eigenvalue weighted by molar-refractivity contribution is -0.116. The number of anilines is 1. The van der Waals surface area contributed by atoms with E-state index in [1.165, 1.54) is 35.3 Å². The van der Waals surface area contributed by atoms with Gasteiger partial charge in [0.1, 0.15) is 12.4 Å². The van der Waals surface area contributed by atoms with Crippen LogP contribution in [0, 0.1) is 0 Å². The van der Waals surface area contributed by atoms with Crippen LogP contribution < -0.4 is 14.4 Å². The van der Waals surface area contributed by atoms with Gasteiger partial charge < -0.3 is 9.64 Å². The largest absolute Gasteiger partial charge is 0.490 e. The van der Waals surface area contributed by atoms with Crippen LogP contribution in [0.1, 0.15) is 31.2 Å². The third-order valence-corrected chi connectivity index (χ3v) is 6.53. The molecule has 6 nitrogen and oxygen atoms in total. The van der Waals surface area contributed by atoms with Crippen molar-refractivity contribution in [3.8, 4) is 5.75 Å². The zero-order valence-electron chi connectivity index (χ0n) is 14.1. The van der Waals surface area contributed by atoms with E-state index in [0.717, 1.165) is 4.88 Å². The van der Waals surface area contributed by atoms with Gasteiger partial charge >= 0.3 is 0 Å². The fourth-order valence-electron chi connectivity index (χ4n) is 2.78. The molecule has 8 heteroatoms. The number of hydrogen-bond donors (Lipinski definition) is 1. The molecule has 1 N–H and O–H groups in total. The van der Waals surface area contributed by atoms with Crippen molar-refractivity contribution in [3.63, 3.8) is 0 Å². The molecule has 0 spiro atoms. The molecule has 0 unspecified atom stereocenters. The summed E-state index contributed by atoms with van der Waals surface area (Å²) in [7, 11) is -3.72. The fourth-order valence-corrected chi connectivity index (χ4v) is 5.03. The predicted octanol–water partition coefficient (Wildman–Crippen LogP) is 2.92. The first-order valence-electron chi connectivity index (χ1n) is 8.03. The summed E-state index contributed by atoms with van der Waals surface area (Å²) in [6.07, 6.45) is 0.646. The smallest absolute Gasteiger partial charge is 0.241 e. The maximum atomic E-state index is 12.8. The molecule has 1 atom stereocenters. The highest BCUT2D eigenvalue weighted by Crippen LogP contribution is 2.34. The molecule has 1 aromatic heterocycles. The molecule has 0 saturated heterocycles. The normalized spacial score (nSPS) is 15.4. The minimum Gasteiger partial charge on any atom is -0.490 e. The van der Waals surface area contributed by atoms with E-state index in [1.807, 2.05) is 24.4 Å². The van der Waals surface area contributed by atoms with Crippen LogP contribution in [-0.4, -0.2) is 27.5 Å². The molecule has 134 valence electrons. The number of ether oxygens (including phenoxy) is 1. The van der Waals surface area contributed by atoms with Crippen molar-refractivity contribution >= 4 is 33.0 Å². The van der Waals surface area contributed by atoms with Crippen molar-refractivity contribution in [2.45, 2.75) is 31.2 Å². The van der Waals surface area contributed by atoms with E-state index < -0.39 is 10.0 Å². The first-order chi connectivity index (χ1) is 11.9. The van der Waals surface area contributed by atoms with Crippen molar-refractivity contribution in [1.82, 2.24) is 4.72 Å². The van der Waals surface area contributed by atoms with Gasteiger partial charge in [-0.15, -0.1) is 11.3 Å². The van der Waals surface area contributed by atoms with Gasteiger partial charge in [0, 0.05) is 11.8 Å². The quantitative estimate of drug-likeness (QED) is 0.865. The second kappa shape index (κ2) is 7.15. The van der Waals surface area contributed by atoms with E-state index >= 15 is 0 Å². The summed E-state index contributed by atoms with van der Waals surface area (Å²) >= 11 is 1.52. The maximum Gasteiger partial charge on any atom is 0.241 e. The minimum absolute atomic E-state index is 0.123. The van der Waals surface area contributed by atoms with Gasteiger partial charge in [0.2, 0.25) is 15.9 Å². The van der Waals surface area contributed by atoms with E-state index in [4.69, 9.17) is 4.74 Å². The summed E-state index contributed by atoms with van der Waals surface area (Å²) in [5.41, 5.74) is 0.491. The standard InChI is InChI=1S/C17H20N2O4S2/c1-3-14(17-5-4-10-24-17)18-25(21,22)13-6-7-16-15(11-13)19(12(2)20)8-9-23-16/h4-7,10-11,14,18H,3,8-9H2,1-2H3/t14-/m0/s1. The number of nitrogens with one attached hydrogen (secondary N) is 1. The Morgan fingerprint density at radius 2 is 2.20 bits per heavy atom. The van der Waals surface area contributed by atoms with Gasteiger partial charge in [-0.1, -0.05) is 13.0 Å². The minimum atomic E-state index is -3.72. The van der Waals surface area contributed by atoms with Crippen molar-refractivity contribution in [2.24, 2.45) is 0 Å². The number of nitrogens with zero attached hydrogens (tertiary/aromatic N) is 1. The zero-order chi connectivity index (χ0) is 18.0. The van der Waals surface area contributed by atoms with E-state index in [1.54, 1.807) is 6.07 Å². The Hall–Kier alpha value is -1.90. The summed E-state index contributed by atoms with van der Waals surface area (Å²) in [4.78, 5) is 14.4. The summed E-state index contributed by atoms with van der Waals surface area (Å²) in [5, 5.41) is 1.92. The molecule has 1 aliphatic heterocycles. The van der Waals surface area contributed by atoms with Crippen molar-refractivity contribution < 1.29 is 17.9 Å². The molecule has 0 saturated carbocycles. The van der Waals surface area contributed by atoms with Crippen molar-refractivity contribution in [1.29, 1.82) is 0 Å². The number of amides is 1. The van der Waals surface area contributed by atoms with Gasteiger partial charge in [-0.2, -0.15) is 0 Å². The van der Waals surface area contributed by atoms with Crippen molar-refractivity contribution in [2.75, 3.05) is 18.1 Å². The number of sulfonamides is 1. The number of rotatable bonds is 5. The number of carbonyl (C=O) groups excluding carboxylic acids is 1. The Kier molecular flexibility index (Phi) is 5.12. The highest BCUT2D eigenvalue weighted by Gasteiger charge is 2.26. The number of thiophene rings is 1. The van der Waals surface area contributed by atoms with E-state index in [2.05, 4.69) is 4.72 Å². The van der Waals surface area contributed by atoms with Gasteiger partial charge in [0.15, 0.2) is 0 Å². The molecule has 25 heavy (non-hydrogen) atoms. The van der Waals surface area contributed by atoms with E-state index in [9.17, 15) is 13.2 Å². The number of carbonyl (C=O) groups is 1. The Labute approximate surface area is 151 Å². The SMILES string of the molecule is CC[C@H](NS(=O)(=O)c1ccc2c(c1)N(C(C)=O)CCO2)c1cccs1. The molecule has 0 bridgehead atoms. The Bertz CT molecular complexity index is 863. The molecular weight excluding hydrogens is 360 g/mol. The summed E-state index contributed by atoms with van der Waals surface area (Å²) in [6, 6.07) is 8.15. The Morgan fingerprint density at radius 3 is 2.84 bits per heavy atom. The Balaban J connectivity index is 1.92.